The highest BCUT2D eigenvalue weighted by atomic mass is 19.1. The second-order valence-electron chi connectivity index (χ2n) is 8.38. The summed E-state index contributed by atoms with van der Waals surface area (Å²) in [5.41, 5.74) is 2.44. The van der Waals surface area contributed by atoms with Crippen molar-refractivity contribution in [3.63, 3.8) is 0 Å². The first-order chi connectivity index (χ1) is 13.5. The van der Waals surface area contributed by atoms with Gasteiger partial charge in [0.25, 0.3) is 0 Å². The summed E-state index contributed by atoms with van der Waals surface area (Å²) in [6.45, 7) is 2.01. The van der Waals surface area contributed by atoms with Crippen LogP contribution in [0.1, 0.15) is 51.0 Å². The van der Waals surface area contributed by atoms with Crippen LogP contribution in [0.4, 0.5) is 10.1 Å². The monoisotopic (exact) mass is 384 g/mol. The van der Waals surface area contributed by atoms with Crippen LogP contribution in [0.25, 0.3) is 11.3 Å². The Hall–Kier alpha value is -2.44. The van der Waals surface area contributed by atoms with Gasteiger partial charge in [0.05, 0.1) is 18.0 Å². The lowest BCUT2D eigenvalue weighted by molar-refractivity contribution is -0.120. The van der Waals surface area contributed by atoms with Gasteiger partial charge in [-0.1, -0.05) is 5.21 Å². The number of carbonyl (C=O) groups excluding carboxylic acids is 1. The molecule has 1 aromatic carbocycles. The molecule has 2 heterocycles. The molecule has 5 rings (SSSR count). The van der Waals surface area contributed by atoms with E-state index in [0.717, 1.165) is 44.1 Å². The second kappa shape index (κ2) is 6.57. The van der Waals surface area contributed by atoms with Gasteiger partial charge >= 0.3 is 0 Å². The van der Waals surface area contributed by atoms with Gasteiger partial charge in [0.1, 0.15) is 17.3 Å². The van der Waals surface area contributed by atoms with Gasteiger partial charge in [-0.2, -0.15) is 0 Å². The minimum Gasteiger partial charge on any atom is -0.489 e. The Morgan fingerprint density at radius 2 is 2.04 bits per heavy atom. The number of aromatic nitrogens is 3. The first-order valence-electron chi connectivity index (χ1n) is 10.2. The summed E-state index contributed by atoms with van der Waals surface area (Å²) in [7, 11) is 1.79. The minimum absolute atomic E-state index is 0.00554. The molecule has 6 nitrogen and oxygen atoms in total. The highest BCUT2D eigenvalue weighted by molar-refractivity contribution is 5.99. The predicted molar refractivity (Wildman–Crippen MR) is 103 cm³/mol. The normalized spacial score (nSPS) is 22.0. The molecule has 2 saturated carbocycles. The van der Waals surface area contributed by atoms with E-state index in [1.807, 2.05) is 6.92 Å². The third-order valence-corrected chi connectivity index (χ3v) is 6.17. The smallest absolute Gasteiger partial charge is 0.230 e. The van der Waals surface area contributed by atoms with Crippen molar-refractivity contribution in [1.82, 2.24) is 15.0 Å². The maximum atomic E-state index is 15.4. The van der Waals surface area contributed by atoms with Crippen LogP contribution in [0, 0.1) is 11.7 Å². The average Bonchev–Trinajstić information content (AvgIpc) is 3.40. The molecule has 7 heteroatoms. The van der Waals surface area contributed by atoms with E-state index in [0.29, 0.717) is 29.1 Å². The van der Waals surface area contributed by atoms with Gasteiger partial charge in [0, 0.05) is 30.1 Å². The molecule has 1 amide bonds. The molecule has 3 aliphatic rings. The maximum absolute atomic E-state index is 15.4. The van der Waals surface area contributed by atoms with Crippen molar-refractivity contribution in [2.75, 3.05) is 4.90 Å². The molecule has 2 fully saturated rings. The van der Waals surface area contributed by atoms with Crippen molar-refractivity contribution < 1.29 is 13.9 Å². The Labute approximate surface area is 163 Å². The zero-order valence-electron chi connectivity index (χ0n) is 16.3. The summed E-state index contributed by atoms with van der Waals surface area (Å²) in [5, 5.41) is 8.18. The zero-order valence-corrected chi connectivity index (χ0v) is 16.3. The first-order valence-corrected chi connectivity index (χ1v) is 10.2. The van der Waals surface area contributed by atoms with Crippen LogP contribution in [0.2, 0.25) is 0 Å². The standard InChI is InChI=1S/C21H25FN4O2/c1-12-6-9-15-19(26(12)21(27)13-7-8-13)17(22)10-16(18-11-25(2)24-23-18)20(15)28-14-4-3-5-14/h10-14H,3-9H2,1-2H3/t12-/m0/s1. The third kappa shape index (κ3) is 2.88. The Balaban J connectivity index is 1.66. The van der Waals surface area contributed by atoms with Crippen molar-refractivity contribution in [1.29, 1.82) is 0 Å². The first kappa shape index (κ1) is 17.6. The maximum Gasteiger partial charge on any atom is 0.230 e. The van der Waals surface area contributed by atoms with Crippen LogP contribution in [0.5, 0.6) is 5.75 Å². The molecule has 1 aliphatic heterocycles. The predicted octanol–water partition coefficient (Wildman–Crippen LogP) is 3.63. The number of rotatable bonds is 4. The largest absolute Gasteiger partial charge is 0.489 e. The molecule has 1 aromatic heterocycles. The van der Waals surface area contributed by atoms with Gasteiger partial charge in [-0.25, -0.2) is 4.39 Å². The number of fused-ring (bicyclic) bond motifs is 1. The number of ether oxygens (including phenoxy) is 1. The number of hydrogen-bond donors (Lipinski definition) is 0. The van der Waals surface area contributed by atoms with Gasteiger partial charge in [-0.15, -0.1) is 5.10 Å². The number of carbonyl (C=O) groups is 1. The van der Waals surface area contributed by atoms with Crippen LogP contribution in [-0.4, -0.2) is 33.0 Å². The molecule has 0 spiro atoms. The van der Waals surface area contributed by atoms with Crippen molar-refractivity contribution in [2.24, 2.45) is 13.0 Å². The SMILES string of the molecule is C[C@H]1CCc2c(OC3CCC3)c(-c3cn(C)nn3)cc(F)c2N1C(=O)C1CC1. The topological polar surface area (TPSA) is 60.2 Å². The van der Waals surface area contributed by atoms with Gasteiger partial charge in [-0.3, -0.25) is 9.48 Å². The van der Waals surface area contributed by atoms with Crippen molar-refractivity contribution in [2.45, 2.75) is 64.0 Å². The third-order valence-electron chi connectivity index (χ3n) is 6.17. The van der Waals surface area contributed by atoms with Crippen molar-refractivity contribution in [3.8, 4) is 17.0 Å². The molecule has 0 unspecified atom stereocenters. The van der Waals surface area contributed by atoms with Gasteiger partial charge in [0.15, 0.2) is 0 Å². The minimum atomic E-state index is -0.378. The molecule has 28 heavy (non-hydrogen) atoms. The number of halogens is 1. The van der Waals surface area contributed by atoms with E-state index in [-0.39, 0.29) is 29.8 Å². The van der Waals surface area contributed by atoms with Crippen molar-refractivity contribution >= 4 is 11.6 Å². The highest BCUT2D eigenvalue weighted by Crippen LogP contribution is 2.47. The average molecular weight is 384 g/mol. The highest BCUT2D eigenvalue weighted by Gasteiger charge is 2.41. The quantitative estimate of drug-likeness (QED) is 0.808. The molecule has 2 aliphatic carbocycles. The summed E-state index contributed by atoms with van der Waals surface area (Å²) >= 11 is 0. The number of aryl methyl sites for hydroxylation is 1. The number of nitrogens with zero attached hydrogens (tertiary/aromatic N) is 4. The lowest BCUT2D eigenvalue weighted by Gasteiger charge is -2.38. The van der Waals surface area contributed by atoms with Gasteiger partial charge in [-0.05, 0) is 57.9 Å². The summed E-state index contributed by atoms with van der Waals surface area (Å²) in [4.78, 5) is 14.6. The number of benzene rings is 1. The van der Waals surface area contributed by atoms with Crippen LogP contribution in [-0.2, 0) is 18.3 Å². The lowest BCUT2D eigenvalue weighted by Crippen LogP contribution is -2.44. The fourth-order valence-electron chi connectivity index (χ4n) is 4.18. The number of anilines is 1. The molecule has 0 radical (unpaired) electrons. The van der Waals surface area contributed by atoms with Crippen molar-refractivity contribution in [3.05, 3.63) is 23.6 Å². The van der Waals surface area contributed by atoms with Crippen LogP contribution < -0.4 is 9.64 Å². The van der Waals surface area contributed by atoms with Gasteiger partial charge < -0.3 is 9.64 Å². The fraction of sp³-hybridized carbons (Fsp3) is 0.571. The van der Waals surface area contributed by atoms with E-state index in [2.05, 4.69) is 10.3 Å². The van der Waals surface area contributed by atoms with E-state index < -0.39 is 0 Å². The van der Waals surface area contributed by atoms with E-state index in [4.69, 9.17) is 4.74 Å². The molecule has 2 aromatic rings. The van der Waals surface area contributed by atoms with Gasteiger partial charge in [0.2, 0.25) is 5.91 Å². The molecular formula is C21H25FN4O2. The lowest BCUT2D eigenvalue weighted by atomic mass is 9.91. The fourth-order valence-corrected chi connectivity index (χ4v) is 4.18. The number of amides is 1. The summed E-state index contributed by atoms with van der Waals surface area (Å²) in [6.07, 6.45) is 8.39. The van der Waals surface area contributed by atoms with E-state index in [1.54, 1.807) is 22.8 Å². The Morgan fingerprint density at radius 1 is 1.25 bits per heavy atom. The van der Waals surface area contributed by atoms with E-state index in [1.165, 1.54) is 6.07 Å². The zero-order chi connectivity index (χ0) is 19.4. The second-order valence-corrected chi connectivity index (χ2v) is 8.38. The van der Waals surface area contributed by atoms with E-state index in [9.17, 15) is 4.79 Å². The number of hydrogen-bond acceptors (Lipinski definition) is 4. The molecule has 0 bridgehead atoms. The molecule has 148 valence electrons. The molecule has 0 N–H and O–H groups in total. The Morgan fingerprint density at radius 3 is 2.64 bits per heavy atom. The van der Waals surface area contributed by atoms with Crippen LogP contribution in [0.15, 0.2) is 12.3 Å². The molecule has 0 saturated heterocycles. The summed E-state index contributed by atoms with van der Waals surface area (Å²) in [5.74, 6) is 0.400. The summed E-state index contributed by atoms with van der Waals surface area (Å²) < 4.78 is 23.4. The Bertz CT molecular complexity index is 933. The van der Waals surface area contributed by atoms with E-state index >= 15 is 4.39 Å². The van der Waals surface area contributed by atoms with Crippen LogP contribution in [0.3, 0.4) is 0 Å². The summed E-state index contributed by atoms with van der Waals surface area (Å²) in [6, 6.07) is 1.47. The molecular weight excluding hydrogens is 359 g/mol. The molecule has 1 atom stereocenters. The Kier molecular flexibility index (Phi) is 4.14. The van der Waals surface area contributed by atoms with Crippen LogP contribution >= 0.6 is 0 Å².